The maximum Gasteiger partial charge on any atom is 0.263 e. The molecule has 2 aromatic rings. The lowest BCUT2D eigenvalue weighted by Crippen LogP contribution is -2.22. The third kappa shape index (κ3) is 3.84. The van der Waals surface area contributed by atoms with Gasteiger partial charge in [0.05, 0.1) is 11.6 Å². The highest BCUT2D eigenvalue weighted by atomic mass is 35.5. The third-order valence-corrected chi connectivity index (χ3v) is 3.88. The summed E-state index contributed by atoms with van der Waals surface area (Å²) in [7, 11) is 0. The van der Waals surface area contributed by atoms with Crippen LogP contribution in [-0.2, 0) is 6.54 Å². The summed E-state index contributed by atoms with van der Waals surface area (Å²) in [5.74, 6) is 5.60. The van der Waals surface area contributed by atoms with E-state index in [1.54, 1.807) is 11.4 Å². The van der Waals surface area contributed by atoms with Gasteiger partial charge in [0, 0.05) is 12.1 Å². The van der Waals surface area contributed by atoms with E-state index >= 15 is 0 Å². The Labute approximate surface area is 126 Å². The summed E-state index contributed by atoms with van der Waals surface area (Å²) in [5, 5.41) is 5.11. The summed E-state index contributed by atoms with van der Waals surface area (Å²) >= 11 is 7.25. The van der Waals surface area contributed by atoms with Crippen LogP contribution in [0.25, 0.3) is 0 Å². The van der Waals surface area contributed by atoms with Crippen molar-refractivity contribution in [2.24, 2.45) is 5.73 Å². The van der Waals surface area contributed by atoms with Crippen molar-refractivity contribution in [3.8, 4) is 11.8 Å². The summed E-state index contributed by atoms with van der Waals surface area (Å²) in [6.45, 7) is 0.767. The van der Waals surface area contributed by atoms with Crippen molar-refractivity contribution >= 4 is 28.8 Å². The molecule has 0 radical (unpaired) electrons. The fourth-order valence-corrected chi connectivity index (χ4v) is 2.69. The zero-order chi connectivity index (χ0) is 14.4. The molecule has 0 saturated carbocycles. The molecule has 0 spiro atoms. The molecule has 0 fully saturated rings. The van der Waals surface area contributed by atoms with Gasteiger partial charge in [-0.05, 0) is 29.1 Å². The monoisotopic (exact) mass is 304 g/mol. The minimum absolute atomic E-state index is 0.163. The molecule has 3 N–H and O–H groups in total. The molecular formula is C15H13ClN2OS. The topological polar surface area (TPSA) is 55.1 Å². The Morgan fingerprint density at radius 1 is 1.40 bits per heavy atom. The molecular weight excluding hydrogens is 292 g/mol. The number of carbonyl (C=O) groups is 1. The highest BCUT2D eigenvalue weighted by Gasteiger charge is 2.11. The molecule has 20 heavy (non-hydrogen) atoms. The second-order valence-corrected chi connectivity index (χ2v) is 5.31. The average Bonchev–Trinajstić information content (AvgIpc) is 2.89. The van der Waals surface area contributed by atoms with E-state index in [1.165, 1.54) is 11.3 Å². The van der Waals surface area contributed by atoms with Crippen molar-refractivity contribution < 1.29 is 4.79 Å². The fourth-order valence-electron chi connectivity index (χ4n) is 1.63. The lowest BCUT2D eigenvalue weighted by molar-refractivity contribution is 0.0955. The SMILES string of the molecule is NCC#Cc1cccc(CNC(=O)c2sccc2Cl)c1. The summed E-state index contributed by atoms with van der Waals surface area (Å²) in [6.07, 6.45) is 0. The Kier molecular flexibility index (Phi) is 5.19. The second-order valence-electron chi connectivity index (χ2n) is 3.99. The number of nitrogens with one attached hydrogen (secondary N) is 1. The Balaban J connectivity index is 2.01. The van der Waals surface area contributed by atoms with Gasteiger partial charge >= 0.3 is 0 Å². The molecule has 0 saturated heterocycles. The molecule has 0 aliphatic carbocycles. The van der Waals surface area contributed by atoms with E-state index in [0.717, 1.165) is 11.1 Å². The van der Waals surface area contributed by atoms with Gasteiger partial charge in [-0.1, -0.05) is 35.6 Å². The van der Waals surface area contributed by atoms with Gasteiger partial charge in [0.15, 0.2) is 0 Å². The smallest absolute Gasteiger partial charge is 0.263 e. The molecule has 5 heteroatoms. The molecule has 2 rings (SSSR count). The lowest BCUT2D eigenvalue weighted by Gasteiger charge is -2.05. The highest BCUT2D eigenvalue weighted by Crippen LogP contribution is 2.21. The van der Waals surface area contributed by atoms with Gasteiger partial charge in [-0.2, -0.15) is 0 Å². The number of amides is 1. The fraction of sp³-hybridized carbons (Fsp3) is 0.133. The average molecular weight is 305 g/mol. The first-order chi connectivity index (χ1) is 9.70. The van der Waals surface area contributed by atoms with Gasteiger partial charge in [0.2, 0.25) is 0 Å². The van der Waals surface area contributed by atoms with Crippen LogP contribution in [0, 0.1) is 11.8 Å². The zero-order valence-corrected chi connectivity index (χ0v) is 12.2. The molecule has 1 aromatic heterocycles. The van der Waals surface area contributed by atoms with Crippen LogP contribution in [0.5, 0.6) is 0 Å². The summed E-state index contributed by atoms with van der Waals surface area (Å²) < 4.78 is 0. The molecule has 1 heterocycles. The first-order valence-electron chi connectivity index (χ1n) is 6.00. The van der Waals surface area contributed by atoms with Crippen molar-refractivity contribution in [2.75, 3.05) is 6.54 Å². The van der Waals surface area contributed by atoms with E-state index in [2.05, 4.69) is 17.2 Å². The number of hydrogen-bond donors (Lipinski definition) is 2. The standard InChI is InChI=1S/C15H13ClN2OS/c16-13-6-8-20-14(13)15(19)18-10-12-4-1-3-11(9-12)5-2-7-17/h1,3-4,6,8-9H,7,10,17H2,(H,18,19). The van der Waals surface area contributed by atoms with Gasteiger partial charge in [-0.25, -0.2) is 0 Å². The second kappa shape index (κ2) is 7.11. The Morgan fingerprint density at radius 3 is 2.95 bits per heavy atom. The van der Waals surface area contributed by atoms with Crippen LogP contribution in [0.1, 0.15) is 20.8 Å². The molecule has 102 valence electrons. The van der Waals surface area contributed by atoms with Crippen molar-refractivity contribution in [3.05, 3.63) is 56.7 Å². The Bertz CT molecular complexity index is 670. The van der Waals surface area contributed by atoms with E-state index in [0.29, 0.717) is 23.0 Å². The van der Waals surface area contributed by atoms with Crippen LogP contribution in [-0.4, -0.2) is 12.5 Å². The molecule has 0 aliphatic rings. The number of thiophene rings is 1. The molecule has 0 aliphatic heterocycles. The van der Waals surface area contributed by atoms with Crippen LogP contribution in [0.4, 0.5) is 0 Å². The Hall–Kier alpha value is -1.80. The number of rotatable bonds is 3. The van der Waals surface area contributed by atoms with Gasteiger partial charge in [0.25, 0.3) is 5.91 Å². The minimum Gasteiger partial charge on any atom is -0.347 e. The number of carbonyl (C=O) groups excluding carboxylic acids is 1. The van der Waals surface area contributed by atoms with Crippen molar-refractivity contribution in [2.45, 2.75) is 6.54 Å². The van der Waals surface area contributed by atoms with E-state index in [-0.39, 0.29) is 5.91 Å². The van der Waals surface area contributed by atoms with E-state index in [4.69, 9.17) is 17.3 Å². The van der Waals surface area contributed by atoms with Crippen LogP contribution in [0.3, 0.4) is 0 Å². The Morgan fingerprint density at radius 2 is 2.25 bits per heavy atom. The van der Waals surface area contributed by atoms with Crippen molar-refractivity contribution in [1.29, 1.82) is 0 Å². The van der Waals surface area contributed by atoms with Crippen LogP contribution in [0.15, 0.2) is 35.7 Å². The molecule has 3 nitrogen and oxygen atoms in total. The zero-order valence-electron chi connectivity index (χ0n) is 10.7. The number of nitrogens with two attached hydrogens (primary N) is 1. The quantitative estimate of drug-likeness (QED) is 0.857. The first kappa shape index (κ1) is 14.6. The van der Waals surface area contributed by atoms with Gasteiger partial charge < -0.3 is 11.1 Å². The predicted octanol–water partition coefficient (Wildman–Crippen LogP) is 2.64. The highest BCUT2D eigenvalue weighted by molar-refractivity contribution is 7.12. The normalized spacial score (nSPS) is 9.70. The van der Waals surface area contributed by atoms with Crippen LogP contribution >= 0.6 is 22.9 Å². The maximum absolute atomic E-state index is 11.9. The van der Waals surface area contributed by atoms with Gasteiger partial charge in [-0.15, -0.1) is 11.3 Å². The third-order valence-electron chi connectivity index (χ3n) is 2.54. The van der Waals surface area contributed by atoms with Crippen molar-refractivity contribution in [1.82, 2.24) is 5.32 Å². The number of benzene rings is 1. The maximum atomic E-state index is 11.9. The number of hydrogen-bond acceptors (Lipinski definition) is 3. The van der Waals surface area contributed by atoms with Crippen LogP contribution in [0.2, 0.25) is 5.02 Å². The lowest BCUT2D eigenvalue weighted by atomic mass is 10.1. The van der Waals surface area contributed by atoms with Crippen molar-refractivity contribution in [3.63, 3.8) is 0 Å². The summed E-state index contributed by atoms with van der Waals surface area (Å²) in [6, 6.07) is 9.39. The molecule has 1 aromatic carbocycles. The predicted molar refractivity (Wildman–Crippen MR) is 82.9 cm³/mol. The molecule has 0 unspecified atom stereocenters. The van der Waals surface area contributed by atoms with Crippen LogP contribution < -0.4 is 11.1 Å². The first-order valence-corrected chi connectivity index (χ1v) is 7.25. The van der Waals surface area contributed by atoms with E-state index in [9.17, 15) is 4.79 Å². The molecule has 1 amide bonds. The van der Waals surface area contributed by atoms with Gasteiger partial charge in [0.1, 0.15) is 4.88 Å². The summed E-state index contributed by atoms with van der Waals surface area (Å²) in [5.41, 5.74) is 7.21. The van der Waals surface area contributed by atoms with E-state index in [1.807, 2.05) is 24.3 Å². The van der Waals surface area contributed by atoms with Gasteiger partial charge in [-0.3, -0.25) is 4.79 Å². The minimum atomic E-state index is -0.163. The number of halogens is 1. The summed E-state index contributed by atoms with van der Waals surface area (Å²) in [4.78, 5) is 12.5. The molecule has 0 bridgehead atoms. The molecule has 0 atom stereocenters. The largest absolute Gasteiger partial charge is 0.347 e. The van der Waals surface area contributed by atoms with E-state index < -0.39 is 0 Å².